The molecule has 8 nitrogen and oxygen atoms in total. The van der Waals surface area contributed by atoms with E-state index in [4.69, 9.17) is 0 Å². The number of carbonyl (C=O) groups excluding carboxylic acids is 4. The lowest BCUT2D eigenvalue weighted by atomic mass is 9.68. The van der Waals surface area contributed by atoms with Crippen molar-refractivity contribution >= 4 is 23.7 Å². The predicted octanol–water partition coefficient (Wildman–Crippen LogP) is 0.637. The topological polar surface area (TPSA) is 120 Å². The summed E-state index contributed by atoms with van der Waals surface area (Å²) in [5, 5.41) is 9.55. The van der Waals surface area contributed by atoms with E-state index in [1.54, 1.807) is 0 Å². The molecule has 0 aliphatic carbocycles. The molecule has 0 spiro atoms. The fourth-order valence-corrected chi connectivity index (χ4v) is 2.32. The van der Waals surface area contributed by atoms with Gasteiger partial charge in [-0.2, -0.15) is 5.26 Å². The van der Waals surface area contributed by atoms with Crippen molar-refractivity contribution in [3.8, 4) is 6.07 Å². The van der Waals surface area contributed by atoms with Gasteiger partial charge in [0.25, 0.3) is 0 Å². The van der Waals surface area contributed by atoms with Crippen molar-refractivity contribution in [3.05, 3.63) is 0 Å². The number of rotatable bonds is 8. The zero-order valence-corrected chi connectivity index (χ0v) is 13.9. The van der Waals surface area contributed by atoms with E-state index >= 15 is 0 Å². The van der Waals surface area contributed by atoms with Crippen LogP contribution in [0.3, 0.4) is 0 Å². The Morgan fingerprint density at radius 1 is 1.04 bits per heavy atom. The zero-order chi connectivity index (χ0) is 18.2. The van der Waals surface area contributed by atoms with Gasteiger partial charge in [-0.15, -0.1) is 0 Å². The highest BCUT2D eigenvalue weighted by molar-refractivity contribution is 5.96. The summed E-state index contributed by atoms with van der Waals surface area (Å²) >= 11 is 0. The van der Waals surface area contributed by atoms with Gasteiger partial charge in [-0.25, -0.2) is 0 Å². The summed E-state index contributed by atoms with van der Waals surface area (Å²) in [5.41, 5.74) is -1.85. The highest BCUT2D eigenvalue weighted by atomic mass is 16.5. The van der Waals surface area contributed by atoms with E-state index in [0.717, 1.165) is 21.3 Å². The quantitative estimate of drug-likeness (QED) is 0.362. The molecule has 0 heterocycles. The molecule has 0 aliphatic rings. The molecule has 0 N–H and O–H groups in total. The number of hydrogen-bond acceptors (Lipinski definition) is 8. The third kappa shape index (κ3) is 4.52. The fraction of sp³-hybridized carbons (Fsp3) is 0.667. The van der Waals surface area contributed by atoms with Crippen LogP contribution >= 0.6 is 0 Å². The number of methoxy groups -OCH3 is 3. The van der Waals surface area contributed by atoms with E-state index in [1.807, 2.05) is 6.07 Å². The molecule has 0 rings (SSSR count). The first-order valence-electron chi connectivity index (χ1n) is 6.86. The van der Waals surface area contributed by atoms with Crippen molar-refractivity contribution in [1.29, 1.82) is 5.26 Å². The molecule has 0 bridgehead atoms. The van der Waals surface area contributed by atoms with Crippen LogP contribution in [0.15, 0.2) is 0 Å². The molecule has 0 aromatic rings. The van der Waals surface area contributed by atoms with Gasteiger partial charge in [-0.1, -0.05) is 6.92 Å². The van der Waals surface area contributed by atoms with Crippen LogP contribution in [0.4, 0.5) is 0 Å². The monoisotopic (exact) mass is 327 g/mol. The molecule has 0 aliphatic heterocycles. The molecule has 0 aromatic heterocycles. The molecule has 0 amide bonds. The molecule has 128 valence electrons. The number of nitriles is 1. The highest BCUT2D eigenvalue weighted by Gasteiger charge is 2.53. The van der Waals surface area contributed by atoms with E-state index in [1.165, 1.54) is 13.8 Å². The fourth-order valence-electron chi connectivity index (χ4n) is 2.32. The van der Waals surface area contributed by atoms with Gasteiger partial charge in [0.1, 0.15) is 5.78 Å². The second-order valence-corrected chi connectivity index (χ2v) is 5.09. The molecule has 2 atom stereocenters. The van der Waals surface area contributed by atoms with E-state index in [9.17, 15) is 24.4 Å². The van der Waals surface area contributed by atoms with Gasteiger partial charge in [0.2, 0.25) is 0 Å². The van der Waals surface area contributed by atoms with E-state index in [0.29, 0.717) is 0 Å². The number of nitrogens with zero attached hydrogens (tertiary/aromatic N) is 1. The molecular formula is C15H21NO7. The maximum atomic E-state index is 12.2. The second-order valence-electron chi connectivity index (χ2n) is 5.09. The van der Waals surface area contributed by atoms with Gasteiger partial charge in [0.05, 0.1) is 27.4 Å². The second kappa shape index (κ2) is 8.88. The summed E-state index contributed by atoms with van der Waals surface area (Å²) in [6.45, 7) is 2.68. The average molecular weight is 327 g/mol. The molecule has 0 aromatic carbocycles. The third-order valence-corrected chi connectivity index (χ3v) is 3.81. The SMILES string of the molecule is COC(=O)C(C(=O)OC)[C@H](C)[C@@](C#N)(CCC(C)=O)C(=O)OC. The van der Waals surface area contributed by atoms with Crippen LogP contribution in [0.2, 0.25) is 0 Å². The first-order chi connectivity index (χ1) is 10.7. The van der Waals surface area contributed by atoms with Crippen LogP contribution in [0.1, 0.15) is 26.7 Å². The summed E-state index contributed by atoms with van der Waals surface area (Å²) in [5.74, 6) is -5.64. The van der Waals surface area contributed by atoms with Crippen molar-refractivity contribution in [2.24, 2.45) is 17.3 Å². The minimum atomic E-state index is -1.85. The Balaban J connectivity index is 5.96. The first kappa shape index (κ1) is 20.6. The van der Waals surface area contributed by atoms with Gasteiger partial charge in [-0.3, -0.25) is 14.4 Å². The van der Waals surface area contributed by atoms with Crippen LogP contribution in [0.5, 0.6) is 0 Å². The Bertz CT molecular complexity index is 506. The summed E-state index contributed by atoms with van der Waals surface area (Å²) in [6.07, 6.45) is -0.265. The summed E-state index contributed by atoms with van der Waals surface area (Å²) in [6, 6.07) is 1.82. The van der Waals surface area contributed by atoms with Gasteiger partial charge in [-0.05, 0) is 13.3 Å². The number of esters is 3. The standard InChI is InChI=1S/C15H21NO7/c1-9(17)6-7-15(8-16,14(20)23-5)10(2)11(12(18)21-3)13(19)22-4/h10-11H,6-7H2,1-5H3/t10-,15-/m0/s1. The van der Waals surface area contributed by atoms with Crippen molar-refractivity contribution in [1.82, 2.24) is 0 Å². The van der Waals surface area contributed by atoms with Crippen LogP contribution < -0.4 is 0 Å². The Kier molecular flexibility index (Phi) is 7.94. The maximum absolute atomic E-state index is 12.2. The maximum Gasteiger partial charge on any atom is 0.326 e. The van der Waals surface area contributed by atoms with E-state index in [2.05, 4.69) is 14.2 Å². The lowest BCUT2D eigenvalue weighted by Gasteiger charge is -2.32. The van der Waals surface area contributed by atoms with Crippen LogP contribution in [-0.2, 0) is 33.4 Å². The minimum Gasteiger partial charge on any atom is -0.468 e. The largest absolute Gasteiger partial charge is 0.468 e. The van der Waals surface area contributed by atoms with Gasteiger partial charge < -0.3 is 19.0 Å². The van der Waals surface area contributed by atoms with E-state index in [-0.39, 0.29) is 18.6 Å². The summed E-state index contributed by atoms with van der Waals surface area (Å²) in [7, 11) is 3.24. The molecule has 0 fully saturated rings. The van der Waals surface area contributed by atoms with Crippen LogP contribution in [0.25, 0.3) is 0 Å². The predicted molar refractivity (Wildman–Crippen MR) is 76.7 cm³/mol. The van der Waals surface area contributed by atoms with Crippen molar-refractivity contribution in [2.45, 2.75) is 26.7 Å². The smallest absolute Gasteiger partial charge is 0.326 e. The molecular weight excluding hydrogens is 306 g/mol. The lowest BCUT2D eigenvalue weighted by molar-refractivity contribution is -0.167. The van der Waals surface area contributed by atoms with Crippen molar-refractivity contribution in [2.75, 3.05) is 21.3 Å². The van der Waals surface area contributed by atoms with Crippen LogP contribution in [-0.4, -0.2) is 45.0 Å². The summed E-state index contributed by atoms with van der Waals surface area (Å²) in [4.78, 5) is 47.3. The molecule has 8 heteroatoms. The number of carbonyl (C=O) groups is 4. The van der Waals surface area contributed by atoms with Gasteiger partial charge in [0.15, 0.2) is 11.3 Å². The molecule has 0 saturated carbocycles. The number of ketones is 1. The Morgan fingerprint density at radius 3 is 1.83 bits per heavy atom. The number of ether oxygens (including phenoxy) is 3. The number of hydrogen-bond donors (Lipinski definition) is 0. The molecule has 0 unspecified atom stereocenters. The van der Waals surface area contributed by atoms with Crippen molar-refractivity contribution < 1.29 is 33.4 Å². The Morgan fingerprint density at radius 2 is 1.52 bits per heavy atom. The normalized spacial score (nSPS) is 14.1. The van der Waals surface area contributed by atoms with Gasteiger partial charge >= 0.3 is 17.9 Å². The molecule has 0 radical (unpaired) electrons. The van der Waals surface area contributed by atoms with E-state index < -0.39 is 35.2 Å². The zero-order valence-electron chi connectivity index (χ0n) is 13.9. The Labute approximate surface area is 134 Å². The minimum absolute atomic E-state index is 0.0813. The summed E-state index contributed by atoms with van der Waals surface area (Å²) < 4.78 is 13.8. The number of Topliss-reactive ketones (excluding diaryl/α,β-unsaturated/α-hetero) is 1. The van der Waals surface area contributed by atoms with Crippen molar-refractivity contribution in [3.63, 3.8) is 0 Å². The van der Waals surface area contributed by atoms with Crippen LogP contribution in [0, 0.1) is 28.6 Å². The molecule has 0 saturated heterocycles. The first-order valence-corrected chi connectivity index (χ1v) is 6.86. The third-order valence-electron chi connectivity index (χ3n) is 3.81. The highest BCUT2D eigenvalue weighted by Crippen LogP contribution is 2.39. The lowest BCUT2D eigenvalue weighted by Crippen LogP contribution is -2.46. The van der Waals surface area contributed by atoms with Gasteiger partial charge in [0, 0.05) is 12.3 Å². The molecule has 23 heavy (non-hydrogen) atoms. The Hall–Kier alpha value is -2.43. The average Bonchev–Trinajstić information content (AvgIpc) is 2.54.